The van der Waals surface area contributed by atoms with Crippen LogP contribution in [0.15, 0.2) is 70.7 Å². The Morgan fingerprint density at radius 2 is 1.68 bits per heavy atom. The number of carbonyl (C=O) groups excluding carboxylic acids is 1. The number of amides is 1. The first-order valence-electron chi connectivity index (χ1n) is 6.91. The average Bonchev–Trinajstić information content (AvgIpc) is 2.55. The first kappa shape index (κ1) is 16.0. The minimum absolute atomic E-state index is 0.118. The second-order valence-electron chi connectivity index (χ2n) is 4.66. The monoisotopic (exact) mass is 310 g/mol. The van der Waals surface area contributed by atoms with E-state index in [-0.39, 0.29) is 5.91 Å². The van der Waals surface area contributed by atoms with E-state index in [1.54, 1.807) is 11.8 Å². The third kappa shape index (κ3) is 4.60. The molecule has 2 rings (SSSR count). The Bertz CT molecular complexity index is 666. The Hall–Kier alpha value is -2.33. The second-order valence-corrected chi connectivity index (χ2v) is 5.64. The van der Waals surface area contributed by atoms with Crippen molar-refractivity contribution in [1.82, 2.24) is 5.32 Å². The molecule has 0 bridgehead atoms. The van der Waals surface area contributed by atoms with Crippen LogP contribution in [0, 0.1) is 0 Å². The van der Waals surface area contributed by atoms with Crippen LogP contribution in [-0.2, 0) is 10.5 Å². The van der Waals surface area contributed by atoms with Gasteiger partial charge in [0.25, 0.3) is 0 Å². The minimum atomic E-state index is -0.118. The van der Waals surface area contributed by atoms with Crippen molar-refractivity contribution in [2.45, 2.75) is 12.7 Å². The van der Waals surface area contributed by atoms with Crippen molar-refractivity contribution in [3.63, 3.8) is 0 Å². The summed E-state index contributed by atoms with van der Waals surface area (Å²) in [7, 11) is 0. The van der Waals surface area contributed by atoms with Crippen LogP contribution in [-0.4, -0.2) is 12.6 Å². The summed E-state index contributed by atoms with van der Waals surface area (Å²) in [5, 5.41) is 3.59. The normalized spacial score (nSPS) is 11.5. The Morgan fingerprint density at radius 1 is 1.09 bits per heavy atom. The van der Waals surface area contributed by atoms with Crippen LogP contribution in [0.25, 0.3) is 5.70 Å². The number of thioether (sulfide) groups is 1. The second kappa shape index (κ2) is 8.20. The van der Waals surface area contributed by atoms with Crippen molar-refractivity contribution in [3.05, 3.63) is 76.8 Å². The lowest BCUT2D eigenvalue weighted by atomic mass is 10.2. The molecule has 0 aliphatic rings. The Morgan fingerprint density at radius 3 is 2.23 bits per heavy atom. The van der Waals surface area contributed by atoms with Gasteiger partial charge >= 0.3 is 0 Å². The number of aliphatic imine (C=N–C) groups is 1. The van der Waals surface area contributed by atoms with Crippen LogP contribution in [0.5, 0.6) is 0 Å². The molecule has 0 aliphatic heterocycles. The highest BCUT2D eigenvalue weighted by Crippen LogP contribution is 2.28. The smallest absolute Gasteiger partial charge is 0.221 e. The highest BCUT2D eigenvalue weighted by molar-refractivity contribution is 8.02. The van der Waals surface area contributed by atoms with Crippen molar-refractivity contribution in [2.75, 3.05) is 0 Å². The number of nitrogens with zero attached hydrogens (tertiary/aromatic N) is 1. The quantitative estimate of drug-likeness (QED) is 0.817. The van der Waals surface area contributed by atoms with Gasteiger partial charge < -0.3 is 5.32 Å². The molecule has 112 valence electrons. The van der Waals surface area contributed by atoms with Gasteiger partial charge in [-0.15, -0.1) is 11.8 Å². The first-order valence-corrected chi connectivity index (χ1v) is 7.90. The van der Waals surface area contributed by atoms with Crippen LogP contribution >= 0.6 is 11.8 Å². The molecular formula is C18H18N2OS. The van der Waals surface area contributed by atoms with Gasteiger partial charge in [-0.3, -0.25) is 9.79 Å². The van der Waals surface area contributed by atoms with Gasteiger partial charge in [-0.05, 0) is 12.3 Å². The number of nitrogens with one attached hydrogen (secondary N) is 1. The predicted octanol–water partition coefficient (Wildman–Crippen LogP) is 4.08. The van der Waals surface area contributed by atoms with E-state index in [1.807, 2.05) is 48.5 Å². The molecule has 0 aliphatic carbocycles. The van der Waals surface area contributed by atoms with E-state index in [9.17, 15) is 4.79 Å². The van der Waals surface area contributed by atoms with Gasteiger partial charge in [0.05, 0.1) is 5.70 Å². The molecule has 2 aromatic rings. The molecular weight excluding hydrogens is 292 g/mol. The van der Waals surface area contributed by atoms with E-state index >= 15 is 0 Å². The molecule has 0 saturated carbocycles. The topological polar surface area (TPSA) is 41.5 Å². The summed E-state index contributed by atoms with van der Waals surface area (Å²) in [5.41, 5.74) is 2.81. The largest absolute Gasteiger partial charge is 0.319 e. The van der Waals surface area contributed by atoms with Gasteiger partial charge in [0, 0.05) is 18.2 Å². The third-order valence-electron chi connectivity index (χ3n) is 2.94. The molecule has 1 amide bonds. The van der Waals surface area contributed by atoms with E-state index < -0.39 is 0 Å². The van der Waals surface area contributed by atoms with Crippen molar-refractivity contribution >= 4 is 30.1 Å². The lowest BCUT2D eigenvalue weighted by Gasteiger charge is -2.12. The van der Waals surface area contributed by atoms with E-state index in [2.05, 4.69) is 29.2 Å². The molecule has 1 N–H and O–H groups in total. The molecule has 0 atom stereocenters. The van der Waals surface area contributed by atoms with Gasteiger partial charge in [-0.25, -0.2) is 0 Å². The molecule has 0 aromatic heterocycles. The zero-order valence-corrected chi connectivity index (χ0v) is 13.3. The summed E-state index contributed by atoms with van der Waals surface area (Å²) in [4.78, 5) is 15.6. The molecule has 3 nitrogen and oxygen atoms in total. The number of rotatable bonds is 6. The van der Waals surface area contributed by atoms with Crippen molar-refractivity contribution < 1.29 is 4.79 Å². The number of hydrogen-bond acceptors (Lipinski definition) is 3. The van der Waals surface area contributed by atoms with Crippen LogP contribution in [0.1, 0.15) is 18.1 Å². The summed E-state index contributed by atoms with van der Waals surface area (Å²) in [5.74, 6) is 0.634. The average molecular weight is 310 g/mol. The molecule has 0 heterocycles. The van der Waals surface area contributed by atoms with Crippen molar-refractivity contribution in [1.29, 1.82) is 0 Å². The molecule has 0 fully saturated rings. The number of benzene rings is 2. The Balaban J connectivity index is 2.29. The van der Waals surface area contributed by atoms with Gasteiger partial charge in [0.1, 0.15) is 5.03 Å². The van der Waals surface area contributed by atoms with Crippen molar-refractivity contribution in [2.24, 2.45) is 4.99 Å². The molecule has 0 radical (unpaired) electrons. The highest BCUT2D eigenvalue weighted by atomic mass is 32.2. The molecule has 22 heavy (non-hydrogen) atoms. The van der Waals surface area contributed by atoms with Gasteiger partial charge in [-0.1, -0.05) is 60.7 Å². The lowest BCUT2D eigenvalue weighted by Crippen LogP contribution is -2.18. The van der Waals surface area contributed by atoms with Gasteiger partial charge in [-0.2, -0.15) is 0 Å². The zero-order chi connectivity index (χ0) is 15.8. The van der Waals surface area contributed by atoms with Crippen LogP contribution < -0.4 is 5.32 Å². The molecule has 0 unspecified atom stereocenters. The number of carbonyl (C=O) groups is 1. The van der Waals surface area contributed by atoms with E-state index in [4.69, 9.17) is 0 Å². The Labute approximate surface area is 135 Å². The zero-order valence-electron chi connectivity index (χ0n) is 12.5. The maximum atomic E-state index is 11.5. The van der Waals surface area contributed by atoms with E-state index in [1.165, 1.54) is 12.5 Å². The fraction of sp³-hybridized carbons (Fsp3) is 0.111. The van der Waals surface area contributed by atoms with E-state index in [0.29, 0.717) is 5.70 Å². The lowest BCUT2D eigenvalue weighted by molar-refractivity contribution is -0.118. The van der Waals surface area contributed by atoms with Crippen LogP contribution in [0.2, 0.25) is 0 Å². The number of hydrogen-bond donors (Lipinski definition) is 1. The van der Waals surface area contributed by atoms with Gasteiger partial charge in [0.15, 0.2) is 0 Å². The predicted molar refractivity (Wildman–Crippen MR) is 94.5 cm³/mol. The summed E-state index contributed by atoms with van der Waals surface area (Å²) in [6.45, 7) is 5.14. The van der Waals surface area contributed by atoms with Crippen LogP contribution in [0.4, 0.5) is 0 Å². The fourth-order valence-electron chi connectivity index (χ4n) is 1.94. The molecule has 0 spiro atoms. The molecule has 0 saturated heterocycles. The van der Waals surface area contributed by atoms with E-state index in [0.717, 1.165) is 16.3 Å². The maximum absolute atomic E-state index is 11.5. The molecule has 4 heteroatoms. The summed E-state index contributed by atoms with van der Waals surface area (Å²) in [6, 6.07) is 19.8. The van der Waals surface area contributed by atoms with Crippen molar-refractivity contribution in [3.8, 4) is 0 Å². The summed E-state index contributed by atoms with van der Waals surface area (Å²) in [6.07, 6.45) is 0. The third-order valence-corrected chi connectivity index (χ3v) is 4.00. The van der Waals surface area contributed by atoms with Crippen LogP contribution in [0.3, 0.4) is 0 Å². The highest BCUT2D eigenvalue weighted by Gasteiger charge is 2.10. The SMILES string of the molecule is C=N/C(=C(/NC(C)=O)SCc1ccccc1)c1ccccc1. The Kier molecular flexibility index (Phi) is 5.98. The summed E-state index contributed by atoms with van der Waals surface area (Å²) < 4.78 is 0. The van der Waals surface area contributed by atoms with Gasteiger partial charge in [0.2, 0.25) is 5.91 Å². The summed E-state index contributed by atoms with van der Waals surface area (Å²) >= 11 is 1.54. The standard InChI is InChI=1S/C18H18N2OS/c1-14(21)20-18(22-13-15-9-5-3-6-10-15)17(19-2)16-11-7-4-8-12-16/h3-12H,2,13H2,1H3,(H,20,21)/b18-17-. The first-order chi connectivity index (χ1) is 10.7. The minimum Gasteiger partial charge on any atom is -0.319 e. The fourth-order valence-corrected chi connectivity index (χ4v) is 2.98. The molecule has 2 aromatic carbocycles. The maximum Gasteiger partial charge on any atom is 0.221 e.